The van der Waals surface area contributed by atoms with Crippen LogP contribution in [0.2, 0.25) is 0 Å². The van der Waals surface area contributed by atoms with Crippen LogP contribution in [-0.2, 0) is 14.9 Å². The van der Waals surface area contributed by atoms with Crippen molar-refractivity contribution in [1.29, 1.82) is 0 Å². The fourth-order valence-electron chi connectivity index (χ4n) is 2.69. The fourth-order valence-corrected chi connectivity index (χ4v) is 3.48. The molecule has 0 aliphatic heterocycles. The maximum absolute atomic E-state index is 12.2. The second kappa shape index (κ2) is 9.09. The predicted octanol–water partition coefficient (Wildman–Crippen LogP) is 4.91. The van der Waals surface area contributed by atoms with Crippen LogP contribution in [0.25, 0.3) is 10.6 Å². The van der Waals surface area contributed by atoms with E-state index in [2.05, 4.69) is 31.1 Å². The number of hydrogen-bond donors (Lipinski definition) is 1. The first-order valence-corrected chi connectivity index (χ1v) is 10.3. The van der Waals surface area contributed by atoms with Crippen molar-refractivity contribution in [2.45, 2.75) is 26.2 Å². The lowest BCUT2D eigenvalue weighted by Gasteiger charge is -2.19. The van der Waals surface area contributed by atoms with Gasteiger partial charge < -0.3 is 14.8 Å². The van der Waals surface area contributed by atoms with E-state index in [0.717, 1.165) is 11.3 Å². The Bertz CT molecular complexity index is 1020. The average molecular weight is 425 g/mol. The third kappa shape index (κ3) is 5.45. The van der Waals surface area contributed by atoms with Crippen LogP contribution < -0.4 is 10.1 Å². The monoisotopic (exact) mass is 424 g/mol. The Morgan fingerprint density at radius 1 is 1.03 bits per heavy atom. The van der Waals surface area contributed by atoms with E-state index in [1.54, 1.807) is 12.5 Å². The maximum atomic E-state index is 12.2. The molecule has 3 aromatic rings. The summed E-state index contributed by atoms with van der Waals surface area (Å²) in [6.45, 7) is 5.99. The van der Waals surface area contributed by atoms with Gasteiger partial charge in [0.15, 0.2) is 12.3 Å². The highest BCUT2D eigenvalue weighted by molar-refractivity contribution is 7.13. The molecular formula is C23H24N2O4S. The largest absolute Gasteiger partial charge is 0.497 e. The second-order valence-electron chi connectivity index (χ2n) is 7.72. The van der Waals surface area contributed by atoms with Crippen LogP contribution in [0.4, 0.5) is 5.69 Å². The number of amides is 1. The first-order chi connectivity index (χ1) is 14.3. The van der Waals surface area contributed by atoms with Gasteiger partial charge >= 0.3 is 5.97 Å². The molecule has 0 spiro atoms. The molecular weight excluding hydrogens is 400 g/mol. The number of carbonyl (C=O) groups is 2. The summed E-state index contributed by atoms with van der Waals surface area (Å²) in [5.41, 5.74) is 2.91. The number of esters is 1. The van der Waals surface area contributed by atoms with Crippen molar-refractivity contribution in [3.63, 3.8) is 0 Å². The molecule has 0 aliphatic carbocycles. The quantitative estimate of drug-likeness (QED) is 0.569. The molecule has 1 amide bonds. The van der Waals surface area contributed by atoms with Gasteiger partial charge in [0, 0.05) is 16.6 Å². The zero-order chi connectivity index (χ0) is 21.7. The highest BCUT2D eigenvalue weighted by Crippen LogP contribution is 2.26. The average Bonchev–Trinajstić information content (AvgIpc) is 3.22. The fraction of sp³-hybridized carbons (Fsp3) is 0.261. The van der Waals surface area contributed by atoms with Gasteiger partial charge in [0.05, 0.1) is 7.11 Å². The summed E-state index contributed by atoms with van der Waals surface area (Å²) in [4.78, 5) is 28.6. The van der Waals surface area contributed by atoms with Crippen LogP contribution in [0.3, 0.4) is 0 Å². The molecule has 0 fully saturated rings. The number of thiazole rings is 1. The smallest absolute Gasteiger partial charge is 0.358 e. The van der Waals surface area contributed by atoms with Crippen LogP contribution >= 0.6 is 11.3 Å². The summed E-state index contributed by atoms with van der Waals surface area (Å²) in [6, 6.07) is 15.0. The Balaban J connectivity index is 1.54. The molecule has 156 valence electrons. The highest BCUT2D eigenvalue weighted by Gasteiger charge is 2.16. The third-order valence-electron chi connectivity index (χ3n) is 4.42. The van der Waals surface area contributed by atoms with Crippen molar-refractivity contribution in [1.82, 2.24) is 4.98 Å². The van der Waals surface area contributed by atoms with E-state index >= 15 is 0 Å². The number of hydrogen-bond acceptors (Lipinski definition) is 6. The lowest BCUT2D eigenvalue weighted by Crippen LogP contribution is -2.21. The van der Waals surface area contributed by atoms with E-state index in [1.807, 2.05) is 48.5 Å². The molecule has 3 rings (SSSR count). The predicted molar refractivity (Wildman–Crippen MR) is 118 cm³/mol. The molecule has 0 unspecified atom stereocenters. The number of nitrogens with one attached hydrogen (secondary N) is 1. The zero-order valence-electron chi connectivity index (χ0n) is 17.4. The van der Waals surface area contributed by atoms with Gasteiger partial charge in [0.1, 0.15) is 10.8 Å². The molecule has 0 bridgehead atoms. The Labute approximate surface area is 179 Å². The van der Waals surface area contributed by atoms with E-state index in [-0.39, 0.29) is 17.7 Å². The number of carbonyl (C=O) groups excluding carboxylic acids is 2. The van der Waals surface area contributed by atoms with Crippen molar-refractivity contribution < 1.29 is 19.1 Å². The van der Waals surface area contributed by atoms with Crippen molar-refractivity contribution in [3.8, 4) is 16.3 Å². The highest BCUT2D eigenvalue weighted by atomic mass is 32.1. The van der Waals surface area contributed by atoms with Crippen molar-refractivity contribution in [2.75, 3.05) is 19.0 Å². The lowest BCUT2D eigenvalue weighted by atomic mass is 9.87. The van der Waals surface area contributed by atoms with Gasteiger partial charge in [-0.25, -0.2) is 9.78 Å². The van der Waals surface area contributed by atoms with E-state index in [1.165, 1.54) is 16.9 Å². The Kier molecular flexibility index (Phi) is 6.52. The molecule has 0 radical (unpaired) electrons. The summed E-state index contributed by atoms with van der Waals surface area (Å²) in [6.07, 6.45) is 0. The van der Waals surface area contributed by atoms with Crippen molar-refractivity contribution in [3.05, 3.63) is 65.2 Å². The third-order valence-corrected chi connectivity index (χ3v) is 5.31. The minimum Gasteiger partial charge on any atom is -0.497 e. The van der Waals surface area contributed by atoms with Gasteiger partial charge in [0.25, 0.3) is 5.91 Å². The number of benzene rings is 2. The number of aromatic nitrogens is 1. The number of nitrogens with zero attached hydrogens (tertiary/aromatic N) is 1. The van der Waals surface area contributed by atoms with Crippen LogP contribution in [0.5, 0.6) is 5.75 Å². The van der Waals surface area contributed by atoms with Crippen LogP contribution in [0.15, 0.2) is 53.9 Å². The van der Waals surface area contributed by atoms with Crippen molar-refractivity contribution >= 4 is 28.9 Å². The Morgan fingerprint density at radius 2 is 1.70 bits per heavy atom. The molecule has 0 saturated heterocycles. The van der Waals surface area contributed by atoms with Crippen LogP contribution in [0, 0.1) is 0 Å². The summed E-state index contributed by atoms with van der Waals surface area (Å²) in [5, 5.41) is 5.03. The van der Waals surface area contributed by atoms with Gasteiger partial charge in [-0.15, -0.1) is 11.3 Å². The minimum absolute atomic E-state index is 0.0380. The summed E-state index contributed by atoms with van der Waals surface area (Å²) in [5.74, 6) is -0.296. The van der Waals surface area contributed by atoms with Gasteiger partial charge in [-0.3, -0.25) is 4.79 Å². The number of rotatable bonds is 6. The Hall–Kier alpha value is -3.19. The number of ether oxygens (including phenoxy) is 2. The molecule has 7 heteroatoms. The van der Waals surface area contributed by atoms with Crippen molar-refractivity contribution in [2.24, 2.45) is 0 Å². The molecule has 1 N–H and O–H groups in total. The normalized spacial score (nSPS) is 11.1. The second-order valence-corrected chi connectivity index (χ2v) is 8.58. The van der Waals surface area contributed by atoms with Crippen LogP contribution in [-0.4, -0.2) is 30.6 Å². The van der Waals surface area contributed by atoms with E-state index in [0.29, 0.717) is 10.7 Å². The molecule has 0 aliphatic rings. The molecule has 2 aromatic carbocycles. The van der Waals surface area contributed by atoms with Gasteiger partial charge in [0.2, 0.25) is 0 Å². The first-order valence-electron chi connectivity index (χ1n) is 9.44. The van der Waals surface area contributed by atoms with E-state index < -0.39 is 11.9 Å². The standard InChI is InChI=1S/C23H24N2O4S/c1-23(2,3)16-7-9-17(10-8-16)24-20(26)13-29-22(27)19-14-30-21(25-19)15-5-11-18(28-4)12-6-15/h5-12,14H,13H2,1-4H3,(H,24,26). The molecule has 6 nitrogen and oxygen atoms in total. The van der Waals surface area contributed by atoms with Gasteiger partial charge in [-0.05, 0) is 47.4 Å². The molecule has 30 heavy (non-hydrogen) atoms. The first kappa shape index (κ1) is 21.5. The topological polar surface area (TPSA) is 77.5 Å². The molecule has 0 saturated carbocycles. The molecule has 0 atom stereocenters. The zero-order valence-corrected chi connectivity index (χ0v) is 18.2. The van der Waals surface area contributed by atoms with Gasteiger partial charge in [-0.1, -0.05) is 32.9 Å². The Morgan fingerprint density at radius 3 is 2.30 bits per heavy atom. The molecule has 1 heterocycles. The van der Waals surface area contributed by atoms with Gasteiger partial charge in [-0.2, -0.15) is 0 Å². The summed E-state index contributed by atoms with van der Waals surface area (Å²) in [7, 11) is 1.60. The summed E-state index contributed by atoms with van der Waals surface area (Å²) < 4.78 is 10.2. The maximum Gasteiger partial charge on any atom is 0.358 e. The number of methoxy groups -OCH3 is 1. The van der Waals surface area contributed by atoms with E-state index in [9.17, 15) is 9.59 Å². The minimum atomic E-state index is -0.635. The van der Waals surface area contributed by atoms with E-state index in [4.69, 9.17) is 9.47 Å². The number of anilines is 1. The lowest BCUT2D eigenvalue weighted by molar-refractivity contribution is -0.119. The summed E-state index contributed by atoms with van der Waals surface area (Å²) >= 11 is 1.33. The molecule has 1 aromatic heterocycles. The SMILES string of the molecule is COc1ccc(-c2nc(C(=O)OCC(=O)Nc3ccc(C(C)(C)C)cc3)cs2)cc1. The van der Waals surface area contributed by atoms with Crippen LogP contribution in [0.1, 0.15) is 36.8 Å².